The predicted molar refractivity (Wildman–Crippen MR) is 109 cm³/mol. The number of hydrogen-bond donors (Lipinski definition) is 1. The summed E-state index contributed by atoms with van der Waals surface area (Å²) in [5.41, 5.74) is 1.82. The number of methoxy groups -OCH3 is 1. The maximum Gasteiger partial charge on any atom is 0.326 e. The van der Waals surface area contributed by atoms with Crippen LogP contribution in [0.15, 0.2) is 41.2 Å². The summed E-state index contributed by atoms with van der Waals surface area (Å²) < 4.78 is 20.5. The first kappa shape index (κ1) is 19.5. The average molecular weight is 418 g/mol. The van der Waals surface area contributed by atoms with Crippen LogP contribution >= 0.6 is 11.6 Å². The Morgan fingerprint density at radius 3 is 2.90 bits per heavy atom. The van der Waals surface area contributed by atoms with Gasteiger partial charge in [0, 0.05) is 24.2 Å². The molecule has 1 N–H and O–H groups in total. The molecule has 2 heterocycles. The summed E-state index contributed by atoms with van der Waals surface area (Å²) in [5.74, 6) is 0.101. The Labute approximate surface area is 171 Å². The van der Waals surface area contributed by atoms with Gasteiger partial charge in [0.25, 0.3) is 0 Å². The molecule has 1 atom stereocenters. The molecule has 0 aliphatic carbocycles. The molecule has 3 aromatic rings. The van der Waals surface area contributed by atoms with E-state index >= 15 is 0 Å². The molecule has 1 amide bonds. The highest BCUT2D eigenvalue weighted by molar-refractivity contribution is 6.30. The summed E-state index contributed by atoms with van der Waals surface area (Å²) >= 11 is 5.89. The molecule has 4 rings (SSSR count). The number of carbonyl (C=O) groups is 1. The molecule has 0 radical (unpaired) electrons. The lowest BCUT2D eigenvalue weighted by Gasteiger charge is -2.33. The van der Waals surface area contributed by atoms with Gasteiger partial charge in [-0.2, -0.15) is 0 Å². The van der Waals surface area contributed by atoms with Crippen molar-refractivity contribution in [1.29, 1.82) is 0 Å². The predicted octanol–water partition coefficient (Wildman–Crippen LogP) is 3.54. The van der Waals surface area contributed by atoms with Crippen molar-refractivity contribution in [2.24, 2.45) is 0 Å². The van der Waals surface area contributed by atoms with Crippen LogP contribution in [-0.4, -0.2) is 40.6 Å². The summed E-state index contributed by atoms with van der Waals surface area (Å²) in [4.78, 5) is 30.0. The van der Waals surface area contributed by atoms with Crippen molar-refractivity contribution < 1.29 is 13.9 Å². The second-order valence-electron chi connectivity index (χ2n) is 7.27. The number of rotatable bonds is 4. The molecule has 1 aliphatic heterocycles. The number of amides is 1. The highest BCUT2D eigenvalue weighted by atomic mass is 35.5. The number of ether oxygens (including phenoxy) is 1. The van der Waals surface area contributed by atoms with Gasteiger partial charge in [0.1, 0.15) is 11.6 Å². The molecule has 152 valence electrons. The number of nitrogens with one attached hydrogen (secondary N) is 1. The molecule has 29 heavy (non-hydrogen) atoms. The number of imidazole rings is 1. The number of nitrogens with zero attached hydrogens (tertiary/aromatic N) is 2. The summed E-state index contributed by atoms with van der Waals surface area (Å²) in [6, 6.07) is 9.45. The molecule has 2 aromatic carbocycles. The van der Waals surface area contributed by atoms with Crippen LogP contribution < -0.4 is 10.4 Å². The van der Waals surface area contributed by atoms with Gasteiger partial charge in [0.2, 0.25) is 5.91 Å². The van der Waals surface area contributed by atoms with Crippen molar-refractivity contribution >= 4 is 28.5 Å². The van der Waals surface area contributed by atoms with Gasteiger partial charge in [-0.3, -0.25) is 9.36 Å². The molecule has 1 saturated heterocycles. The number of aromatic amines is 1. The second kappa shape index (κ2) is 7.91. The fourth-order valence-electron chi connectivity index (χ4n) is 3.99. The van der Waals surface area contributed by atoms with E-state index in [4.69, 9.17) is 16.3 Å². The zero-order valence-corrected chi connectivity index (χ0v) is 16.7. The zero-order valence-electron chi connectivity index (χ0n) is 16.0. The summed E-state index contributed by atoms with van der Waals surface area (Å²) in [6.45, 7) is 1.05. The van der Waals surface area contributed by atoms with E-state index in [1.165, 1.54) is 12.1 Å². The van der Waals surface area contributed by atoms with Gasteiger partial charge < -0.3 is 14.6 Å². The maximum atomic E-state index is 13.6. The first-order valence-electron chi connectivity index (χ1n) is 9.45. The lowest BCUT2D eigenvalue weighted by atomic mass is 10.0. The molecule has 1 aromatic heterocycles. The topological polar surface area (TPSA) is 67.3 Å². The Balaban J connectivity index is 1.55. The Hall–Kier alpha value is -2.80. The van der Waals surface area contributed by atoms with Gasteiger partial charge in [-0.1, -0.05) is 11.6 Å². The number of halogens is 2. The number of likely N-dealkylation sites (tertiary alicyclic amines) is 1. The van der Waals surface area contributed by atoms with Gasteiger partial charge in [-0.25, -0.2) is 9.18 Å². The lowest BCUT2D eigenvalue weighted by Crippen LogP contribution is -2.43. The number of H-pyrrole nitrogens is 1. The number of carbonyl (C=O) groups excluding carboxylic acids is 1. The summed E-state index contributed by atoms with van der Waals surface area (Å²) in [6.07, 6.45) is 1.66. The third kappa shape index (κ3) is 4.00. The molecular formula is C21H21ClFN3O3. The molecule has 1 fully saturated rings. The van der Waals surface area contributed by atoms with Crippen LogP contribution in [0.25, 0.3) is 11.0 Å². The normalized spacial score (nSPS) is 16.9. The number of aromatic nitrogens is 2. The van der Waals surface area contributed by atoms with Crippen LogP contribution in [0.1, 0.15) is 24.4 Å². The van der Waals surface area contributed by atoms with Crippen molar-refractivity contribution in [2.75, 3.05) is 20.2 Å². The minimum absolute atomic E-state index is 0.0736. The van der Waals surface area contributed by atoms with Crippen LogP contribution in [-0.2, 0) is 11.2 Å². The van der Waals surface area contributed by atoms with E-state index in [0.717, 1.165) is 18.4 Å². The monoisotopic (exact) mass is 417 g/mol. The standard InChI is InChI=1S/C21H21ClFN3O3/c1-29-17-4-5-19-18(11-17)24-21(28)26(19)16-3-2-6-25(12-16)20(27)9-13-7-14(22)10-15(23)8-13/h4-5,7-8,10-11,16H,2-3,6,9,12H2,1H3,(H,24,28)/t16-/m0/s1. The van der Waals surface area contributed by atoms with Crippen molar-refractivity contribution in [3.05, 3.63) is 63.3 Å². The molecule has 0 bridgehead atoms. The fourth-order valence-corrected chi connectivity index (χ4v) is 4.24. The highest BCUT2D eigenvalue weighted by Crippen LogP contribution is 2.26. The van der Waals surface area contributed by atoms with Crippen molar-refractivity contribution in [3.63, 3.8) is 0 Å². The number of piperidine rings is 1. The first-order valence-corrected chi connectivity index (χ1v) is 9.83. The van der Waals surface area contributed by atoms with Crippen molar-refractivity contribution in [2.45, 2.75) is 25.3 Å². The molecule has 0 unspecified atom stereocenters. The zero-order chi connectivity index (χ0) is 20.5. The highest BCUT2D eigenvalue weighted by Gasteiger charge is 2.27. The number of fused-ring (bicyclic) bond motifs is 1. The summed E-state index contributed by atoms with van der Waals surface area (Å²) in [7, 11) is 1.58. The maximum absolute atomic E-state index is 13.6. The van der Waals surface area contributed by atoms with Crippen molar-refractivity contribution in [1.82, 2.24) is 14.5 Å². The van der Waals surface area contributed by atoms with E-state index < -0.39 is 5.82 Å². The SMILES string of the molecule is COc1ccc2c(c1)[nH]c(=O)n2[C@H]1CCCN(C(=O)Cc2cc(F)cc(Cl)c2)C1. The van der Waals surface area contributed by atoms with Crippen LogP contribution in [0, 0.1) is 5.82 Å². The van der Waals surface area contributed by atoms with Crippen LogP contribution in [0.5, 0.6) is 5.75 Å². The molecule has 0 spiro atoms. The quantitative estimate of drug-likeness (QED) is 0.706. The average Bonchev–Trinajstić information content (AvgIpc) is 3.02. The third-order valence-corrected chi connectivity index (χ3v) is 5.53. The fraction of sp³-hybridized carbons (Fsp3) is 0.333. The molecule has 0 saturated carbocycles. The Bertz CT molecular complexity index is 1100. The molecule has 8 heteroatoms. The van der Waals surface area contributed by atoms with E-state index in [0.29, 0.717) is 29.9 Å². The minimum atomic E-state index is -0.461. The van der Waals surface area contributed by atoms with Gasteiger partial charge in [0.15, 0.2) is 0 Å². The van der Waals surface area contributed by atoms with Crippen LogP contribution in [0.2, 0.25) is 5.02 Å². The smallest absolute Gasteiger partial charge is 0.326 e. The minimum Gasteiger partial charge on any atom is -0.497 e. The Morgan fingerprint density at radius 2 is 2.14 bits per heavy atom. The van der Waals surface area contributed by atoms with E-state index in [1.807, 2.05) is 12.1 Å². The van der Waals surface area contributed by atoms with Gasteiger partial charge in [0.05, 0.1) is 30.6 Å². The van der Waals surface area contributed by atoms with Gasteiger partial charge >= 0.3 is 5.69 Å². The van der Waals surface area contributed by atoms with E-state index in [9.17, 15) is 14.0 Å². The van der Waals surface area contributed by atoms with E-state index in [-0.39, 0.29) is 29.1 Å². The van der Waals surface area contributed by atoms with E-state index in [2.05, 4.69) is 4.98 Å². The van der Waals surface area contributed by atoms with E-state index in [1.54, 1.807) is 28.7 Å². The third-order valence-electron chi connectivity index (χ3n) is 5.32. The summed E-state index contributed by atoms with van der Waals surface area (Å²) in [5, 5.41) is 0.269. The molecule has 1 aliphatic rings. The lowest BCUT2D eigenvalue weighted by molar-refractivity contribution is -0.132. The largest absolute Gasteiger partial charge is 0.497 e. The first-order chi connectivity index (χ1) is 13.9. The van der Waals surface area contributed by atoms with Gasteiger partial charge in [-0.05, 0) is 48.7 Å². The van der Waals surface area contributed by atoms with Crippen molar-refractivity contribution in [3.8, 4) is 5.75 Å². The second-order valence-corrected chi connectivity index (χ2v) is 7.71. The van der Waals surface area contributed by atoms with Crippen LogP contribution in [0.3, 0.4) is 0 Å². The molecule has 6 nitrogen and oxygen atoms in total. The molecular weight excluding hydrogens is 397 g/mol. The Kier molecular flexibility index (Phi) is 5.32. The Morgan fingerprint density at radius 1 is 1.31 bits per heavy atom. The van der Waals surface area contributed by atoms with Crippen LogP contribution in [0.4, 0.5) is 4.39 Å². The number of benzene rings is 2. The van der Waals surface area contributed by atoms with Gasteiger partial charge in [-0.15, -0.1) is 0 Å². The number of hydrogen-bond acceptors (Lipinski definition) is 3.